The van der Waals surface area contributed by atoms with Crippen LogP contribution in [0, 0.1) is 5.82 Å². The zero-order valence-corrected chi connectivity index (χ0v) is 16.4. The fourth-order valence-electron chi connectivity index (χ4n) is 3.76. The fraction of sp³-hybridized carbons (Fsp3) is 0.174. The molecule has 0 unspecified atom stereocenters. The molecule has 1 aliphatic rings. The summed E-state index contributed by atoms with van der Waals surface area (Å²) in [6.45, 7) is 1.65. The molecule has 150 valence electrons. The van der Waals surface area contributed by atoms with Crippen LogP contribution in [0.4, 0.5) is 4.39 Å². The van der Waals surface area contributed by atoms with E-state index in [-0.39, 0.29) is 17.8 Å². The molecule has 0 spiro atoms. The molecule has 1 aliphatic heterocycles. The van der Waals surface area contributed by atoms with Crippen molar-refractivity contribution in [3.05, 3.63) is 78.2 Å². The van der Waals surface area contributed by atoms with Crippen molar-refractivity contribution in [1.29, 1.82) is 0 Å². The number of hydrogen-bond donors (Lipinski definition) is 1. The topological polar surface area (TPSA) is 62.5 Å². The molecule has 1 N–H and O–H groups in total. The smallest absolute Gasteiger partial charge is 0.272 e. The first-order valence-electron chi connectivity index (χ1n) is 9.79. The van der Waals surface area contributed by atoms with Gasteiger partial charge in [-0.3, -0.25) is 4.79 Å². The zero-order valence-electron chi connectivity index (χ0n) is 16.4. The molecule has 0 radical (unpaired) electrons. The lowest BCUT2D eigenvalue weighted by molar-refractivity contribution is 0.0852. The molecule has 4 aromatic rings. The van der Waals surface area contributed by atoms with E-state index in [0.29, 0.717) is 22.6 Å². The molecule has 2 aromatic carbocycles. The minimum absolute atomic E-state index is 0.128. The Morgan fingerprint density at radius 3 is 2.53 bits per heavy atom. The summed E-state index contributed by atoms with van der Waals surface area (Å²) < 4.78 is 16.1. The Balaban J connectivity index is 1.62. The van der Waals surface area contributed by atoms with Crippen molar-refractivity contribution in [2.75, 3.05) is 20.1 Å². The van der Waals surface area contributed by atoms with Gasteiger partial charge in [-0.1, -0.05) is 42.5 Å². The molecular weight excluding hydrogens is 381 g/mol. The minimum Gasteiger partial charge on any atom is -0.345 e. The SMILES string of the molecule is CN1CC(NC(=O)c2cc3nc(-c4ccccc4F)cc(-c4ccccc4)n3n2)C1. The Hall–Kier alpha value is -3.58. The number of halogens is 1. The fourth-order valence-corrected chi connectivity index (χ4v) is 3.76. The summed E-state index contributed by atoms with van der Waals surface area (Å²) in [6, 6.07) is 19.8. The zero-order chi connectivity index (χ0) is 20.7. The summed E-state index contributed by atoms with van der Waals surface area (Å²) in [4.78, 5) is 19.4. The largest absolute Gasteiger partial charge is 0.345 e. The Morgan fingerprint density at radius 1 is 1.07 bits per heavy atom. The van der Waals surface area contributed by atoms with E-state index in [1.807, 2.05) is 37.4 Å². The summed E-state index contributed by atoms with van der Waals surface area (Å²) in [5, 5.41) is 7.51. The van der Waals surface area contributed by atoms with Gasteiger partial charge >= 0.3 is 0 Å². The van der Waals surface area contributed by atoms with Crippen LogP contribution in [0.1, 0.15) is 10.5 Å². The van der Waals surface area contributed by atoms with Gasteiger partial charge in [-0.05, 0) is 25.2 Å². The molecule has 2 aromatic heterocycles. The molecule has 6 nitrogen and oxygen atoms in total. The maximum Gasteiger partial charge on any atom is 0.272 e. The van der Waals surface area contributed by atoms with Crippen molar-refractivity contribution in [2.45, 2.75) is 6.04 Å². The highest BCUT2D eigenvalue weighted by Crippen LogP contribution is 2.28. The van der Waals surface area contributed by atoms with Crippen molar-refractivity contribution in [3.63, 3.8) is 0 Å². The molecule has 5 rings (SSSR count). The first-order chi connectivity index (χ1) is 14.6. The van der Waals surface area contributed by atoms with Gasteiger partial charge in [-0.15, -0.1) is 0 Å². The molecule has 1 fully saturated rings. The van der Waals surface area contributed by atoms with E-state index in [0.717, 1.165) is 24.3 Å². The average molecular weight is 401 g/mol. The second-order valence-electron chi connectivity index (χ2n) is 7.56. The van der Waals surface area contributed by atoms with Crippen molar-refractivity contribution in [1.82, 2.24) is 24.8 Å². The van der Waals surface area contributed by atoms with E-state index in [4.69, 9.17) is 0 Å². The maximum atomic E-state index is 14.4. The van der Waals surface area contributed by atoms with Crippen molar-refractivity contribution in [3.8, 4) is 22.5 Å². The highest BCUT2D eigenvalue weighted by atomic mass is 19.1. The van der Waals surface area contributed by atoms with Crippen molar-refractivity contribution in [2.24, 2.45) is 0 Å². The number of nitrogens with zero attached hydrogens (tertiary/aromatic N) is 4. The normalized spacial score (nSPS) is 14.6. The van der Waals surface area contributed by atoms with Gasteiger partial charge in [0.1, 0.15) is 5.82 Å². The molecule has 3 heterocycles. The molecule has 7 heteroatoms. The molecule has 0 aliphatic carbocycles. The number of carbonyl (C=O) groups excluding carboxylic acids is 1. The van der Waals surface area contributed by atoms with Gasteiger partial charge < -0.3 is 10.2 Å². The summed E-state index contributed by atoms with van der Waals surface area (Å²) in [5.74, 6) is -0.579. The third-order valence-corrected chi connectivity index (χ3v) is 5.28. The predicted molar refractivity (Wildman–Crippen MR) is 113 cm³/mol. The lowest BCUT2D eigenvalue weighted by Crippen LogP contribution is -2.57. The van der Waals surface area contributed by atoms with E-state index >= 15 is 0 Å². The first-order valence-corrected chi connectivity index (χ1v) is 9.79. The molecule has 30 heavy (non-hydrogen) atoms. The van der Waals surface area contributed by atoms with Gasteiger partial charge in [0.15, 0.2) is 11.3 Å². The van der Waals surface area contributed by atoms with Crippen molar-refractivity contribution >= 4 is 11.6 Å². The molecule has 0 saturated carbocycles. The number of fused-ring (bicyclic) bond motifs is 1. The van der Waals surface area contributed by atoms with Crippen LogP contribution in [0.2, 0.25) is 0 Å². The Morgan fingerprint density at radius 2 is 1.80 bits per heavy atom. The van der Waals surface area contributed by atoms with Gasteiger partial charge in [-0.2, -0.15) is 5.10 Å². The van der Waals surface area contributed by atoms with E-state index in [9.17, 15) is 9.18 Å². The molecular formula is C23H20FN5O. The van der Waals surface area contributed by atoms with E-state index in [2.05, 4.69) is 20.3 Å². The highest BCUT2D eigenvalue weighted by Gasteiger charge is 2.26. The summed E-state index contributed by atoms with van der Waals surface area (Å²) in [7, 11) is 2.01. The quantitative estimate of drug-likeness (QED) is 0.570. The lowest BCUT2D eigenvalue weighted by atomic mass is 10.1. The number of amides is 1. The van der Waals surface area contributed by atoms with E-state index in [1.165, 1.54) is 6.07 Å². The number of rotatable bonds is 4. The number of likely N-dealkylation sites (N-methyl/N-ethyl adjacent to an activating group) is 1. The Labute approximate surface area is 173 Å². The van der Waals surface area contributed by atoms with E-state index < -0.39 is 0 Å². The summed E-state index contributed by atoms with van der Waals surface area (Å²) in [6.07, 6.45) is 0. The molecule has 0 bridgehead atoms. The predicted octanol–water partition coefficient (Wildman–Crippen LogP) is 3.25. The Kier molecular flexibility index (Phi) is 4.52. The number of aromatic nitrogens is 3. The van der Waals surface area contributed by atoms with Gasteiger partial charge in [0, 0.05) is 30.3 Å². The van der Waals surface area contributed by atoms with Gasteiger partial charge in [0.25, 0.3) is 5.91 Å². The Bertz CT molecular complexity index is 1230. The average Bonchev–Trinajstić information content (AvgIpc) is 3.17. The number of hydrogen-bond acceptors (Lipinski definition) is 4. The molecule has 1 saturated heterocycles. The second-order valence-corrected chi connectivity index (χ2v) is 7.56. The van der Waals surface area contributed by atoms with Gasteiger partial charge in [-0.25, -0.2) is 13.9 Å². The van der Waals surface area contributed by atoms with Crippen LogP contribution in [0.25, 0.3) is 28.2 Å². The van der Waals surface area contributed by atoms with Crippen LogP contribution in [-0.4, -0.2) is 51.6 Å². The van der Waals surface area contributed by atoms with Gasteiger partial charge in [0.05, 0.1) is 17.4 Å². The summed E-state index contributed by atoms with van der Waals surface area (Å²) in [5.41, 5.74) is 3.32. The minimum atomic E-state index is -0.347. The van der Waals surface area contributed by atoms with Crippen LogP contribution in [0.15, 0.2) is 66.7 Å². The van der Waals surface area contributed by atoms with Crippen LogP contribution in [-0.2, 0) is 0 Å². The second kappa shape index (κ2) is 7.35. The van der Waals surface area contributed by atoms with Crippen molar-refractivity contribution < 1.29 is 9.18 Å². The standard InChI is InChI=1S/C23H20FN5O/c1-28-13-16(14-28)25-23(30)20-12-22-26-19(17-9-5-6-10-18(17)24)11-21(29(22)27-20)15-7-3-2-4-8-15/h2-12,16H,13-14H2,1H3,(H,25,30). The third kappa shape index (κ3) is 3.33. The number of benzene rings is 2. The maximum absolute atomic E-state index is 14.4. The molecule has 1 amide bonds. The lowest BCUT2D eigenvalue weighted by Gasteiger charge is -2.36. The summed E-state index contributed by atoms with van der Waals surface area (Å²) >= 11 is 0. The van der Waals surface area contributed by atoms with Crippen LogP contribution < -0.4 is 5.32 Å². The van der Waals surface area contributed by atoms with E-state index in [1.54, 1.807) is 34.8 Å². The third-order valence-electron chi connectivity index (χ3n) is 5.28. The van der Waals surface area contributed by atoms with Crippen LogP contribution in [0.3, 0.4) is 0 Å². The van der Waals surface area contributed by atoms with Crippen LogP contribution >= 0.6 is 0 Å². The number of likely N-dealkylation sites (tertiary alicyclic amines) is 1. The number of carbonyl (C=O) groups is 1. The molecule has 0 atom stereocenters. The van der Waals surface area contributed by atoms with Crippen LogP contribution in [0.5, 0.6) is 0 Å². The monoisotopic (exact) mass is 401 g/mol. The first kappa shape index (κ1) is 18.4. The highest BCUT2D eigenvalue weighted by molar-refractivity contribution is 5.94. The number of nitrogens with one attached hydrogen (secondary N) is 1. The van der Waals surface area contributed by atoms with Gasteiger partial charge in [0.2, 0.25) is 0 Å².